The molecule has 1 atom stereocenters. The zero-order valence-corrected chi connectivity index (χ0v) is 13.8. The molecule has 1 aromatic heterocycles. The van der Waals surface area contributed by atoms with E-state index in [0.29, 0.717) is 17.9 Å². The molecule has 0 saturated carbocycles. The minimum Gasteiger partial charge on any atom is -0.495 e. The summed E-state index contributed by atoms with van der Waals surface area (Å²) in [5.41, 5.74) is 2.25. The fourth-order valence-corrected chi connectivity index (χ4v) is 2.38. The lowest BCUT2D eigenvalue weighted by molar-refractivity contribution is -0.125. The van der Waals surface area contributed by atoms with Gasteiger partial charge < -0.3 is 14.9 Å². The average Bonchev–Trinajstić information content (AvgIpc) is 3.26. The highest BCUT2D eigenvalue weighted by Crippen LogP contribution is 2.28. The third-order valence-electron chi connectivity index (χ3n) is 3.81. The number of hydrogen-bond acceptors (Lipinski definition) is 6. The number of ether oxygens (including phenoxy) is 1. The van der Waals surface area contributed by atoms with Gasteiger partial charge in [0.15, 0.2) is 0 Å². The van der Waals surface area contributed by atoms with E-state index < -0.39 is 6.10 Å². The van der Waals surface area contributed by atoms with E-state index in [1.165, 1.54) is 0 Å². The monoisotopic (exact) mass is 329 g/mol. The van der Waals surface area contributed by atoms with Gasteiger partial charge >= 0.3 is 0 Å². The molecular weight excluding hydrogens is 310 g/mol. The molecule has 126 valence electrons. The molecule has 3 rings (SSSR count). The predicted octanol–water partition coefficient (Wildman–Crippen LogP) is 2.02. The smallest absolute Gasteiger partial charge is 0.268 e. The molecule has 0 aliphatic carbocycles. The lowest BCUT2D eigenvalue weighted by Crippen LogP contribution is -2.28. The molecule has 2 aromatic rings. The molecule has 0 radical (unpaired) electrons. The van der Waals surface area contributed by atoms with E-state index in [1.54, 1.807) is 36.5 Å². The SMILES string of the molecule is COc1ccc(-n2cnnc2)cc1NC(=O)C1CC(C(C)C)=NO1. The summed E-state index contributed by atoms with van der Waals surface area (Å²) in [6.45, 7) is 4.04. The van der Waals surface area contributed by atoms with Crippen LogP contribution in [-0.4, -0.2) is 39.6 Å². The minimum absolute atomic E-state index is 0.256. The summed E-state index contributed by atoms with van der Waals surface area (Å²) in [5.74, 6) is 0.561. The molecule has 0 spiro atoms. The molecule has 1 aromatic carbocycles. The second-order valence-electron chi connectivity index (χ2n) is 5.78. The molecule has 2 heterocycles. The topological polar surface area (TPSA) is 90.6 Å². The van der Waals surface area contributed by atoms with Gasteiger partial charge in [0.1, 0.15) is 18.4 Å². The third-order valence-corrected chi connectivity index (χ3v) is 3.81. The first-order valence-electron chi connectivity index (χ1n) is 7.65. The number of anilines is 1. The summed E-state index contributed by atoms with van der Waals surface area (Å²) in [4.78, 5) is 17.7. The van der Waals surface area contributed by atoms with E-state index in [0.717, 1.165) is 11.4 Å². The number of nitrogens with one attached hydrogen (secondary N) is 1. The Morgan fingerprint density at radius 3 is 2.75 bits per heavy atom. The van der Waals surface area contributed by atoms with E-state index in [9.17, 15) is 4.79 Å². The molecule has 0 saturated heterocycles. The van der Waals surface area contributed by atoms with Gasteiger partial charge in [0.05, 0.1) is 24.2 Å². The largest absolute Gasteiger partial charge is 0.495 e. The van der Waals surface area contributed by atoms with Crippen molar-refractivity contribution in [3.63, 3.8) is 0 Å². The second-order valence-corrected chi connectivity index (χ2v) is 5.78. The van der Waals surface area contributed by atoms with Crippen molar-refractivity contribution < 1.29 is 14.4 Å². The van der Waals surface area contributed by atoms with Crippen molar-refractivity contribution in [3.8, 4) is 11.4 Å². The maximum atomic E-state index is 12.5. The van der Waals surface area contributed by atoms with Crippen LogP contribution in [-0.2, 0) is 9.63 Å². The Bertz CT molecular complexity index is 755. The van der Waals surface area contributed by atoms with Gasteiger partial charge in [-0.15, -0.1) is 10.2 Å². The Balaban J connectivity index is 1.77. The van der Waals surface area contributed by atoms with Gasteiger partial charge in [0.25, 0.3) is 5.91 Å². The highest BCUT2D eigenvalue weighted by Gasteiger charge is 2.29. The molecule has 8 heteroatoms. The van der Waals surface area contributed by atoms with Crippen molar-refractivity contribution in [2.75, 3.05) is 12.4 Å². The number of rotatable bonds is 5. The average molecular weight is 329 g/mol. The van der Waals surface area contributed by atoms with Crippen molar-refractivity contribution in [2.24, 2.45) is 11.1 Å². The third kappa shape index (κ3) is 3.22. The van der Waals surface area contributed by atoms with E-state index in [1.807, 2.05) is 19.9 Å². The summed E-state index contributed by atoms with van der Waals surface area (Å²) in [5, 5.41) is 14.4. The molecule has 24 heavy (non-hydrogen) atoms. The summed E-state index contributed by atoms with van der Waals surface area (Å²) in [7, 11) is 1.55. The van der Waals surface area contributed by atoms with Gasteiger partial charge in [-0.1, -0.05) is 19.0 Å². The lowest BCUT2D eigenvalue weighted by Gasteiger charge is -2.14. The van der Waals surface area contributed by atoms with Crippen LogP contribution in [0.5, 0.6) is 5.75 Å². The number of nitrogens with zero attached hydrogens (tertiary/aromatic N) is 4. The maximum Gasteiger partial charge on any atom is 0.268 e. The first-order chi connectivity index (χ1) is 11.6. The molecule has 1 unspecified atom stereocenters. The Kier molecular flexibility index (Phi) is 4.45. The summed E-state index contributed by atoms with van der Waals surface area (Å²) in [6.07, 6.45) is 3.04. The highest BCUT2D eigenvalue weighted by molar-refractivity contribution is 6.00. The number of carbonyl (C=O) groups excluding carboxylic acids is 1. The van der Waals surface area contributed by atoms with Crippen molar-refractivity contribution in [2.45, 2.75) is 26.4 Å². The Morgan fingerprint density at radius 2 is 2.12 bits per heavy atom. The van der Waals surface area contributed by atoms with E-state index in [2.05, 4.69) is 20.7 Å². The lowest BCUT2D eigenvalue weighted by atomic mass is 10.0. The molecule has 1 aliphatic heterocycles. The normalized spacial score (nSPS) is 16.7. The van der Waals surface area contributed by atoms with Crippen LogP contribution < -0.4 is 10.1 Å². The first-order valence-corrected chi connectivity index (χ1v) is 7.65. The summed E-state index contributed by atoms with van der Waals surface area (Å²) in [6, 6.07) is 5.42. The first kappa shape index (κ1) is 16.0. The van der Waals surface area contributed by atoms with E-state index in [-0.39, 0.29) is 11.8 Å². The van der Waals surface area contributed by atoms with Gasteiger partial charge in [0, 0.05) is 6.42 Å². The molecular formula is C16H19N5O3. The van der Waals surface area contributed by atoms with Crippen LogP contribution in [0.15, 0.2) is 36.0 Å². The molecule has 1 N–H and O–H groups in total. The van der Waals surface area contributed by atoms with Crippen LogP contribution in [0.4, 0.5) is 5.69 Å². The fraction of sp³-hybridized carbons (Fsp3) is 0.375. The van der Waals surface area contributed by atoms with Gasteiger partial charge in [-0.25, -0.2) is 0 Å². The molecule has 8 nitrogen and oxygen atoms in total. The number of hydrogen-bond donors (Lipinski definition) is 1. The zero-order chi connectivity index (χ0) is 17.1. The van der Waals surface area contributed by atoms with Crippen molar-refractivity contribution in [1.29, 1.82) is 0 Å². The van der Waals surface area contributed by atoms with Crippen molar-refractivity contribution >= 4 is 17.3 Å². The number of carbonyl (C=O) groups is 1. The van der Waals surface area contributed by atoms with Crippen LogP contribution in [0.1, 0.15) is 20.3 Å². The van der Waals surface area contributed by atoms with Gasteiger partial charge in [-0.05, 0) is 24.1 Å². The number of benzene rings is 1. The van der Waals surface area contributed by atoms with E-state index >= 15 is 0 Å². The van der Waals surface area contributed by atoms with Crippen LogP contribution in [0.3, 0.4) is 0 Å². The van der Waals surface area contributed by atoms with Crippen LogP contribution in [0.2, 0.25) is 0 Å². The Hall–Kier alpha value is -2.90. The number of amides is 1. The molecule has 0 bridgehead atoms. The number of aromatic nitrogens is 3. The second kappa shape index (κ2) is 6.69. The standard InChI is InChI=1S/C16H19N5O3/c1-10(2)12-7-15(24-20-12)16(22)19-13-6-11(4-5-14(13)23-3)21-8-17-18-9-21/h4-6,8-10,15H,7H2,1-3H3,(H,19,22). The molecule has 1 aliphatic rings. The van der Waals surface area contributed by atoms with Gasteiger partial charge in [0.2, 0.25) is 6.10 Å². The Labute approximate surface area is 139 Å². The van der Waals surface area contributed by atoms with Crippen molar-refractivity contribution in [3.05, 3.63) is 30.9 Å². The zero-order valence-electron chi connectivity index (χ0n) is 13.8. The van der Waals surface area contributed by atoms with Crippen molar-refractivity contribution in [1.82, 2.24) is 14.8 Å². The predicted molar refractivity (Wildman–Crippen MR) is 88.3 cm³/mol. The fourth-order valence-electron chi connectivity index (χ4n) is 2.38. The number of oxime groups is 1. The Morgan fingerprint density at radius 1 is 1.38 bits per heavy atom. The summed E-state index contributed by atoms with van der Waals surface area (Å²) >= 11 is 0. The van der Waals surface area contributed by atoms with Gasteiger partial charge in [-0.3, -0.25) is 9.36 Å². The maximum absolute atomic E-state index is 12.5. The highest BCUT2D eigenvalue weighted by atomic mass is 16.6. The van der Waals surface area contributed by atoms with Crippen LogP contribution >= 0.6 is 0 Å². The van der Waals surface area contributed by atoms with Crippen LogP contribution in [0, 0.1) is 5.92 Å². The minimum atomic E-state index is -0.620. The molecule has 0 fully saturated rings. The number of methoxy groups -OCH3 is 1. The molecule has 1 amide bonds. The van der Waals surface area contributed by atoms with Gasteiger partial charge in [-0.2, -0.15) is 0 Å². The summed E-state index contributed by atoms with van der Waals surface area (Å²) < 4.78 is 7.05. The van der Waals surface area contributed by atoms with Crippen LogP contribution in [0.25, 0.3) is 5.69 Å². The van der Waals surface area contributed by atoms with E-state index in [4.69, 9.17) is 9.57 Å². The quantitative estimate of drug-likeness (QED) is 0.906.